The Bertz CT molecular complexity index is 669. The summed E-state index contributed by atoms with van der Waals surface area (Å²) in [6.07, 6.45) is -3.19. The number of hydrogen-bond acceptors (Lipinski definition) is 4. The second kappa shape index (κ2) is 10.0. The monoisotopic (exact) mass is 430 g/mol. The van der Waals surface area contributed by atoms with E-state index in [9.17, 15) is 13.2 Å². The summed E-state index contributed by atoms with van der Waals surface area (Å²) in [4.78, 5) is 7.11. The van der Waals surface area contributed by atoms with Crippen LogP contribution in [0.2, 0.25) is 0 Å². The van der Waals surface area contributed by atoms with Crippen molar-refractivity contribution in [3.8, 4) is 0 Å². The highest BCUT2D eigenvalue weighted by atomic mass is 32.2. The molecule has 29 heavy (non-hydrogen) atoms. The van der Waals surface area contributed by atoms with Crippen LogP contribution >= 0.6 is 11.8 Å². The maximum absolute atomic E-state index is 12.7. The Labute approximate surface area is 174 Å². The smallest absolute Gasteiger partial charge is 0.379 e. The molecule has 2 aliphatic heterocycles. The molecule has 1 aromatic carbocycles. The number of nitrogens with zero attached hydrogens (tertiary/aromatic N) is 2. The van der Waals surface area contributed by atoms with Gasteiger partial charge in [0.25, 0.3) is 0 Å². The minimum atomic E-state index is -4.31. The SMILES string of the molecule is CCNC(=NCc1ccc(C(F)(F)F)cc1)NCC1(N2CCOCC2)CCSC1. The summed E-state index contributed by atoms with van der Waals surface area (Å²) in [5.41, 5.74) is 0.204. The number of alkyl halides is 3. The van der Waals surface area contributed by atoms with E-state index in [-0.39, 0.29) is 5.54 Å². The number of nitrogens with one attached hydrogen (secondary N) is 2. The summed E-state index contributed by atoms with van der Waals surface area (Å²) in [5.74, 6) is 2.92. The van der Waals surface area contributed by atoms with E-state index in [1.165, 1.54) is 12.1 Å². The summed E-state index contributed by atoms with van der Waals surface area (Å²) in [5, 5.41) is 6.71. The third-order valence-electron chi connectivity index (χ3n) is 5.39. The lowest BCUT2D eigenvalue weighted by atomic mass is 9.95. The first-order valence-electron chi connectivity index (χ1n) is 10.0. The van der Waals surface area contributed by atoms with Crippen LogP contribution in [0.25, 0.3) is 0 Å². The molecule has 9 heteroatoms. The van der Waals surface area contributed by atoms with E-state index in [2.05, 4.69) is 20.5 Å². The molecule has 2 saturated heterocycles. The Hall–Kier alpha value is -1.45. The van der Waals surface area contributed by atoms with Gasteiger partial charge in [0, 0.05) is 37.5 Å². The summed E-state index contributed by atoms with van der Waals surface area (Å²) >= 11 is 1.98. The van der Waals surface area contributed by atoms with Gasteiger partial charge in [-0.3, -0.25) is 4.90 Å². The number of morpholine rings is 1. The third kappa shape index (κ3) is 6.02. The highest BCUT2D eigenvalue weighted by molar-refractivity contribution is 7.99. The molecule has 0 spiro atoms. The van der Waals surface area contributed by atoms with Crippen molar-refractivity contribution in [3.63, 3.8) is 0 Å². The predicted octanol–water partition coefficient (Wildman–Crippen LogP) is 2.97. The van der Waals surface area contributed by atoms with Crippen molar-refractivity contribution in [3.05, 3.63) is 35.4 Å². The fourth-order valence-corrected chi connectivity index (χ4v) is 5.17. The Balaban J connectivity index is 1.62. The van der Waals surface area contributed by atoms with Crippen LogP contribution in [0.4, 0.5) is 13.2 Å². The van der Waals surface area contributed by atoms with Crippen LogP contribution in [0.3, 0.4) is 0 Å². The van der Waals surface area contributed by atoms with Gasteiger partial charge < -0.3 is 15.4 Å². The van der Waals surface area contributed by atoms with Gasteiger partial charge in [0.15, 0.2) is 5.96 Å². The van der Waals surface area contributed by atoms with Crippen molar-refractivity contribution in [2.45, 2.75) is 31.6 Å². The molecule has 1 atom stereocenters. The van der Waals surface area contributed by atoms with E-state index in [1.54, 1.807) is 0 Å². The van der Waals surface area contributed by atoms with Gasteiger partial charge in [-0.05, 0) is 36.8 Å². The Morgan fingerprint density at radius 2 is 1.93 bits per heavy atom. The number of guanidine groups is 1. The van der Waals surface area contributed by atoms with Crippen LogP contribution < -0.4 is 10.6 Å². The molecule has 0 radical (unpaired) electrons. The summed E-state index contributed by atoms with van der Waals surface area (Å²) in [6.45, 7) is 7.27. The van der Waals surface area contributed by atoms with Crippen LogP contribution in [0.1, 0.15) is 24.5 Å². The van der Waals surface area contributed by atoms with Gasteiger partial charge in [-0.2, -0.15) is 24.9 Å². The zero-order valence-corrected chi connectivity index (χ0v) is 17.5. The maximum Gasteiger partial charge on any atom is 0.416 e. The number of benzene rings is 1. The summed E-state index contributed by atoms with van der Waals surface area (Å²) in [7, 11) is 0. The van der Waals surface area contributed by atoms with Crippen molar-refractivity contribution in [1.82, 2.24) is 15.5 Å². The molecule has 2 heterocycles. The molecule has 0 amide bonds. The topological polar surface area (TPSA) is 48.9 Å². The molecule has 3 rings (SSSR count). The zero-order chi connectivity index (χ0) is 20.7. The highest BCUT2D eigenvalue weighted by Crippen LogP contribution is 2.33. The van der Waals surface area contributed by atoms with Crippen molar-refractivity contribution < 1.29 is 17.9 Å². The molecule has 0 bridgehead atoms. The quantitative estimate of drug-likeness (QED) is 0.537. The van der Waals surface area contributed by atoms with Crippen LogP contribution in [0.5, 0.6) is 0 Å². The first-order valence-corrected chi connectivity index (χ1v) is 11.2. The van der Waals surface area contributed by atoms with Crippen LogP contribution in [0, 0.1) is 0 Å². The lowest BCUT2D eigenvalue weighted by molar-refractivity contribution is -0.137. The second-order valence-electron chi connectivity index (χ2n) is 7.37. The van der Waals surface area contributed by atoms with E-state index < -0.39 is 11.7 Å². The van der Waals surface area contributed by atoms with E-state index in [4.69, 9.17) is 4.74 Å². The number of rotatable bonds is 6. The van der Waals surface area contributed by atoms with Crippen molar-refractivity contribution in [2.24, 2.45) is 4.99 Å². The van der Waals surface area contributed by atoms with Crippen LogP contribution in [-0.2, 0) is 17.5 Å². The number of ether oxygens (including phenoxy) is 1. The Kier molecular flexibility index (Phi) is 7.70. The molecule has 0 aliphatic carbocycles. The van der Waals surface area contributed by atoms with Gasteiger partial charge in [-0.1, -0.05) is 12.1 Å². The predicted molar refractivity (Wildman–Crippen MR) is 111 cm³/mol. The molecule has 162 valence electrons. The molecule has 0 saturated carbocycles. The average Bonchev–Trinajstić information content (AvgIpc) is 3.21. The van der Waals surface area contributed by atoms with E-state index in [0.29, 0.717) is 12.5 Å². The van der Waals surface area contributed by atoms with E-state index in [1.807, 2.05) is 18.7 Å². The van der Waals surface area contributed by atoms with Gasteiger partial charge in [0.05, 0.1) is 25.3 Å². The van der Waals surface area contributed by atoms with Gasteiger partial charge >= 0.3 is 6.18 Å². The molecule has 2 fully saturated rings. The number of thioether (sulfide) groups is 1. The third-order valence-corrected chi connectivity index (χ3v) is 6.63. The van der Waals surface area contributed by atoms with Crippen LogP contribution in [-0.4, -0.2) is 67.3 Å². The van der Waals surface area contributed by atoms with Gasteiger partial charge in [0.2, 0.25) is 0 Å². The maximum atomic E-state index is 12.7. The minimum Gasteiger partial charge on any atom is -0.379 e. The number of hydrogen-bond donors (Lipinski definition) is 2. The number of aliphatic imine (C=N–C) groups is 1. The summed E-state index contributed by atoms with van der Waals surface area (Å²) < 4.78 is 43.6. The first-order chi connectivity index (χ1) is 13.9. The first kappa shape index (κ1) is 22.2. The molecule has 5 nitrogen and oxygen atoms in total. The molecule has 0 aromatic heterocycles. The van der Waals surface area contributed by atoms with Gasteiger partial charge in [-0.15, -0.1) is 0 Å². The van der Waals surface area contributed by atoms with Crippen molar-refractivity contribution in [2.75, 3.05) is 50.9 Å². The molecule has 2 N–H and O–H groups in total. The molecule has 1 unspecified atom stereocenters. The van der Waals surface area contributed by atoms with Gasteiger partial charge in [-0.25, -0.2) is 4.99 Å². The standard InChI is InChI=1S/C20H29F3N4OS/c1-2-24-18(25-13-16-3-5-17(6-4-16)20(21,22)23)26-14-19(7-12-29-15-19)27-8-10-28-11-9-27/h3-6H,2,7-15H2,1H3,(H2,24,25,26). The number of halogens is 3. The highest BCUT2D eigenvalue weighted by Gasteiger charge is 2.40. The lowest BCUT2D eigenvalue weighted by Gasteiger charge is -2.43. The Morgan fingerprint density at radius 3 is 2.52 bits per heavy atom. The van der Waals surface area contributed by atoms with E-state index >= 15 is 0 Å². The normalized spacial score (nSPS) is 23.9. The average molecular weight is 431 g/mol. The fourth-order valence-electron chi connectivity index (χ4n) is 3.69. The lowest BCUT2D eigenvalue weighted by Crippen LogP contribution is -2.60. The summed E-state index contributed by atoms with van der Waals surface area (Å²) in [6, 6.07) is 5.18. The molecule has 2 aliphatic rings. The van der Waals surface area contributed by atoms with Crippen LogP contribution in [0.15, 0.2) is 29.3 Å². The molecular weight excluding hydrogens is 401 g/mol. The Morgan fingerprint density at radius 1 is 1.21 bits per heavy atom. The fraction of sp³-hybridized carbons (Fsp3) is 0.650. The van der Waals surface area contributed by atoms with Crippen molar-refractivity contribution in [1.29, 1.82) is 0 Å². The van der Waals surface area contributed by atoms with Crippen molar-refractivity contribution >= 4 is 17.7 Å². The largest absolute Gasteiger partial charge is 0.416 e. The molecule has 1 aromatic rings. The van der Waals surface area contributed by atoms with E-state index in [0.717, 1.165) is 75.0 Å². The molecular formula is C20H29F3N4OS. The second-order valence-corrected chi connectivity index (χ2v) is 8.47. The zero-order valence-electron chi connectivity index (χ0n) is 16.7. The minimum absolute atomic E-state index is 0.0962. The van der Waals surface area contributed by atoms with Gasteiger partial charge in [0.1, 0.15) is 0 Å².